The average molecular weight is 308 g/mol. The quantitative estimate of drug-likeness (QED) is 0.492. The molecule has 0 spiro atoms. The van der Waals surface area contributed by atoms with E-state index in [1.165, 1.54) is 18.2 Å². The van der Waals surface area contributed by atoms with Crippen LogP contribution in [-0.2, 0) is 4.74 Å². The van der Waals surface area contributed by atoms with Crippen LogP contribution in [0.5, 0.6) is 0 Å². The van der Waals surface area contributed by atoms with Crippen molar-refractivity contribution in [2.24, 2.45) is 0 Å². The molecular weight excluding hydrogens is 288 g/mol. The molecular formula is C15H20N2O5. The molecule has 0 unspecified atom stereocenters. The van der Waals surface area contributed by atoms with E-state index in [-0.39, 0.29) is 30.0 Å². The van der Waals surface area contributed by atoms with Gasteiger partial charge in [-0.05, 0) is 44.7 Å². The molecule has 2 N–H and O–H groups in total. The van der Waals surface area contributed by atoms with Crippen LogP contribution in [0.4, 0.5) is 11.4 Å². The van der Waals surface area contributed by atoms with Crippen molar-refractivity contribution in [3.05, 3.63) is 33.9 Å². The number of aliphatic hydroxyl groups excluding tert-OH is 1. The molecule has 0 aliphatic heterocycles. The van der Waals surface area contributed by atoms with E-state index in [0.717, 1.165) is 12.8 Å². The lowest BCUT2D eigenvalue weighted by molar-refractivity contribution is -0.384. The van der Waals surface area contributed by atoms with E-state index in [1.54, 1.807) is 6.92 Å². The fraction of sp³-hybridized carbons (Fsp3) is 0.533. The fourth-order valence-electron chi connectivity index (χ4n) is 2.59. The zero-order chi connectivity index (χ0) is 16.1. The van der Waals surface area contributed by atoms with Gasteiger partial charge in [0.15, 0.2) is 0 Å². The van der Waals surface area contributed by atoms with E-state index in [4.69, 9.17) is 4.74 Å². The molecule has 0 aromatic heterocycles. The van der Waals surface area contributed by atoms with Crippen LogP contribution in [0.1, 0.15) is 43.0 Å². The number of carbonyl (C=O) groups is 1. The van der Waals surface area contributed by atoms with Gasteiger partial charge in [-0.2, -0.15) is 0 Å². The lowest BCUT2D eigenvalue weighted by atomic mass is 9.93. The molecule has 1 aliphatic rings. The van der Waals surface area contributed by atoms with Crippen molar-refractivity contribution in [2.75, 3.05) is 11.9 Å². The number of nitro groups is 1. The molecule has 2 rings (SSSR count). The highest BCUT2D eigenvalue weighted by atomic mass is 16.6. The van der Waals surface area contributed by atoms with Crippen molar-refractivity contribution in [2.45, 2.75) is 44.8 Å². The summed E-state index contributed by atoms with van der Waals surface area (Å²) >= 11 is 0. The van der Waals surface area contributed by atoms with E-state index in [2.05, 4.69) is 5.32 Å². The maximum absolute atomic E-state index is 11.8. The van der Waals surface area contributed by atoms with Gasteiger partial charge in [0, 0.05) is 12.1 Å². The summed E-state index contributed by atoms with van der Waals surface area (Å²) in [5.41, 5.74) is 0.530. The molecule has 0 amide bonds. The van der Waals surface area contributed by atoms with Gasteiger partial charge in [0.25, 0.3) is 5.69 Å². The van der Waals surface area contributed by atoms with Crippen molar-refractivity contribution in [1.29, 1.82) is 0 Å². The molecule has 0 radical (unpaired) electrons. The average Bonchev–Trinajstić information content (AvgIpc) is 2.49. The molecule has 7 heteroatoms. The highest BCUT2D eigenvalue weighted by molar-refractivity contribution is 5.91. The monoisotopic (exact) mass is 308 g/mol. The summed E-state index contributed by atoms with van der Waals surface area (Å²) in [7, 11) is 0. The number of nitrogens with zero attached hydrogens (tertiary/aromatic N) is 1. The van der Waals surface area contributed by atoms with Crippen LogP contribution in [-0.4, -0.2) is 34.8 Å². The summed E-state index contributed by atoms with van der Waals surface area (Å²) < 4.78 is 4.92. The molecule has 1 fully saturated rings. The van der Waals surface area contributed by atoms with Gasteiger partial charge >= 0.3 is 5.97 Å². The molecule has 0 heterocycles. The number of hydrogen-bond donors (Lipinski definition) is 2. The van der Waals surface area contributed by atoms with Crippen LogP contribution in [0.2, 0.25) is 0 Å². The second kappa shape index (κ2) is 7.22. The molecule has 0 saturated heterocycles. The number of benzene rings is 1. The second-order valence-electron chi connectivity index (χ2n) is 5.36. The molecule has 7 nitrogen and oxygen atoms in total. The lowest BCUT2D eigenvalue weighted by Gasteiger charge is -2.27. The van der Waals surface area contributed by atoms with Crippen molar-refractivity contribution < 1.29 is 19.6 Å². The largest absolute Gasteiger partial charge is 0.462 e. The SMILES string of the molecule is CCOC(=O)c1ccc([N+](=O)[O-])c(N[C@H]2CC[C@@H](O)CC2)c1. The van der Waals surface area contributed by atoms with E-state index in [9.17, 15) is 20.0 Å². The van der Waals surface area contributed by atoms with Gasteiger partial charge in [0.05, 0.1) is 23.2 Å². The van der Waals surface area contributed by atoms with Crippen LogP contribution in [0.3, 0.4) is 0 Å². The zero-order valence-electron chi connectivity index (χ0n) is 12.4. The number of hydrogen-bond acceptors (Lipinski definition) is 6. The minimum absolute atomic E-state index is 0.0551. The van der Waals surface area contributed by atoms with E-state index in [0.29, 0.717) is 18.5 Å². The highest BCUT2D eigenvalue weighted by Gasteiger charge is 2.23. The maximum atomic E-state index is 11.8. The van der Waals surface area contributed by atoms with Crippen LogP contribution in [0.25, 0.3) is 0 Å². The first kappa shape index (κ1) is 16.2. The summed E-state index contributed by atoms with van der Waals surface area (Å²) in [5, 5.41) is 23.8. The first-order valence-electron chi connectivity index (χ1n) is 7.41. The predicted octanol–water partition coefficient (Wildman–Crippen LogP) is 2.49. The molecule has 1 aliphatic carbocycles. The number of rotatable bonds is 5. The molecule has 22 heavy (non-hydrogen) atoms. The topological polar surface area (TPSA) is 102 Å². The van der Waals surface area contributed by atoms with Crippen molar-refractivity contribution in [3.63, 3.8) is 0 Å². The normalized spacial score (nSPS) is 21.2. The van der Waals surface area contributed by atoms with Crippen molar-refractivity contribution in [1.82, 2.24) is 0 Å². The maximum Gasteiger partial charge on any atom is 0.338 e. The van der Waals surface area contributed by atoms with E-state index < -0.39 is 10.9 Å². The van der Waals surface area contributed by atoms with Crippen LogP contribution >= 0.6 is 0 Å². The lowest BCUT2D eigenvalue weighted by Crippen LogP contribution is -2.28. The second-order valence-corrected chi connectivity index (χ2v) is 5.36. The summed E-state index contributed by atoms with van der Waals surface area (Å²) in [5.74, 6) is -0.500. The minimum Gasteiger partial charge on any atom is -0.462 e. The smallest absolute Gasteiger partial charge is 0.338 e. The third kappa shape index (κ3) is 3.94. The summed E-state index contributed by atoms with van der Waals surface area (Å²) in [6.45, 7) is 1.95. The molecule has 0 bridgehead atoms. The Morgan fingerprint density at radius 2 is 2.09 bits per heavy atom. The number of nitrogens with one attached hydrogen (secondary N) is 1. The zero-order valence-corrected chi connectivity index (χ0v) is 12.4. The first-order chi connectivity index (χ1) is 10.5. The third-order valence-electron chi connectivity index (χ3n) is 3.76. The van der Waals surface area contributed by atoms with Crippen LogP contribution in [0, 0.1) is 10.1 Å². The van der Waals surface area contributed by atoms with E-state index in [1.807, 2.05) is 0 Å². The molecule has 120 valence electrons. The van der Waals surface area contributed by atoms with E-state index >= 15 is 0 Å². The molecule has 1 saturated carbocycles. The minimum atomic E-state index is -0.500. The third-order valence-corrected chi connectivity index (χ3v) is 3.76. The van der Waals surface area contributed by atoms with Crippen LogP contribution in [0.15, 0.2) is 18.2 Å². The van der Waals surface area contributed by atoms with Gasteiger partial charge in [-0.15, -0.1) is 0 Å². The Kier molecular flexibility index (Phi) is 5.32. The number of anilines is 1. The molecule has 1 aromatic rings. The Labute approximate surface area is 128 Å². The van der Waals surface area contributed by atoms with Crippen molar-refractivity contribution >= 4 is 17.3 Å². The number of aliphatic hydroxyl groups is 1. The number of carbonyl (C=O) groups excluding carboxylic acids is 1. The van der Waals surface area contributed by atoms with Gasteiger partial charge in [0.2, 0.25) is 0 Å². The fourth-order valence-corrected chi connectivity index (χ4v) is 2.59. The van der Waals surface area contributed by atoms with Gasteiger partial charge in [-0.1, -0.05) is 0 Å². The summed E-state index contributed by atoms with van der Waals surface area (Å²) in [4.78, 5) is 22.4. The Morgan fingerprint density at radius 3 is 2.68 bits per heavy atom. The Hall–Kier alpha value is -2.15. The van der Waals surface area contributed by atoms with Crippen molar-refractivity contribution in [3.8, 4) is 0 Å². The number of ether oxygens (including phenoxy) is 1. The Morgan fingerprint density at radius 1 is 1.41 bits per heavy atom. The van der Waals surface area contributed by atoms with Gasteiger partial charge in [-0.3, -0.25) is 10.1 Å². The summed E-state index contributed by atoms with van der Waals surface area (Å²) in [6, 6.07) is 4.22. The number of esters is 1. The van der Waals surface area contributed by atoms with Gasteiger partial charge < -0.3 is 15.2 Å². The highest BCUT2D eigenvalue weighted by Crippen LogP contribution is 2.29. The number of nitro benzene ring substituents is 1. The Bertz CT molecular complexity index is 553. The predicted molar refractivity (Wildman–Crippen MR) is 80.9 cm³/mol. The molecule has 0 atom stereocenters. The van der Waals surface area contributed by atoms with Crippen LogP contribution < -0.4 is 5.32 Å². The Balaban J connectivity index is 2.20. The summed E-state index contributed by atoms with van der Waals surface area (Å²) in [6.07, 6.45) is 2.52. The molecule has 1 aromatic carbocycles. The first-order valence-corrected chi connectivity index (χ1v) is 7.41. The van der Waals surface area contributed by atoms with Gasteiger partial charge in [-0.25, -0.2) is 4.79 Å². The standard InChI is InChI=1S/C15H20N2O5/c1-2-22-15(19)10-3-8-14(17(20)21)13(9-10)16-11-4-6-12(18)7-5-11/h3,8-9,11-12,16,18H,2,4-7H2,1H3/t11-,12+. The van der Waals surface area contributed by atoms with Gasteiger partial charge in [0.1, 0.15) is 5.69 Å².